The smallest absolute Gasteiger partial charge is 0.140 e. The predicted octanol–water partition coefficient (Wildman–Crippen LogP) is 10.1. The van der Waals surface area contributed by atoms with E-state index in [2.05, 4.69) is 159 Å². The molecule has 0 N–H and O–H groups in total. The summed E-state index contributed by atoms with van der Waals surface area (Å²) in [4.78, 5) is 0. The van der Waals surface area contributed by atoms with Gasteiger partial charge in [0.2, 0.25) is 0 Å². The maximum atomic E-state index is 6.89. The van der Waals surface area contributed by atoms with E-state index in [1.165, 1.54) is 38.9 Å². The van der Waals surface area contributed by atoms with Gasteiger partial charge in [-0.05, 0) is 51.1 Å². The number of fused-ring (bicyclic) bond motifs is 5. The zero-order chi connectivity index (χ0) is 27.6. The lowest BCUT2D eigenvalue weighted by molar-refractivity contribution is 0.436. The van der Waals surface area contributed by atoms with Crippen LogP contribution in [0.4, 0.5) is 0 Å². The standard InChI is InChI=1S/C40H30O/c1-39(2)33-20-10-9-18-31(33)32-25-24-27(26-36(32)39)30-19-13-22-35-38(30)41-37-23-12-11-21-34(37)40(35,28-14-5-3-6-15-28)29-16-7-4-8-17-29/h3-26H,1-2H3. The first kappa shape index (κ1) is 24.0. The Balaban J connectivity index is 1.42. The molecule has 0 spiro atoms. The lowest BCUT2D eigenvalue weighted by atomic mass is 9.63. The molecule has 6 aromatic carbocycles. The van der Waals surface area contributed by atoms with E-state index in [9.17, 15) is 0 Å². The van der Waals surface area contributed by atoms with Crippen molar-refractivity contribution in [1.82, 2.24) is 0 Å². The fourth-order valence-corrected chi connectivity index (χ4v) is 7.33. The highest BCUT2D eigenvalue weighted by molar-refractivity contribution is 5.86. The van der Waals surface area contributed by atoms with Crippen molar-refractivity contribution < 1.29 is 4.74 Å². The van der Waals surface area contributed by atoms with Crippen molar-refractivity contribution in [3.05, 3.63) is 179 Å². The number of para-hydroxylation sites is 2. The fourth-order valence-electron chi connectivity index (χ4n) is 7.33. The van der Waals surface area contributed by atoms with Gasteiger partial charge >= 0.3 is 0 Å². The van der Waals surface area contributed by atoms with Crippen molar-refractivity contribution >= 4 is 0 Å². The Morgan fingerprint density at radius 2 is 1.00 bits per heavy atom. The lowest BCUT2D eigenvalue weighted by Crippen LogP contribution is -2.34. The molecule has 196 valence electrons. The van der Waals surface area contributed by atoms with Gasteiger partial charge in [-0.15, -0.1) is 0 Å². The minimum Gasteiger partial charge on any atom is -0.456 e. The summed E-state index contributed by atoms with van der Waals surface area (Å²) >= 11 is 0. The molecule has 0 unspecified atom stereocenters. The van der Waals surface area contributed by atoms with Gasteiger partial charge in [-0.2, -0.15) is 0 Å². The summed E-state index contributed by atoms with van der Waals surface area (Å²) < 4.78 is 6.89. The summed E-state index contributed by atoms with van der Waals surface area (Å²) in [5.41, 5.74) is 11.9. The quantitative estimate of drug-likeness (QED) is 0.223. The Labute approximate surface area is 241 Å². The molecule has 8 rings (SSSR count). The Hall–Kier alpha value is -4.88. The number of benzene rings is 6. The van der Waals surface area contributed by atoms with Crippen molar-refractivity contribution in [3.8, 4) is 33.8 Å². The van der Waals surface area contributed by atoms with Crippen LogP contribution in [0, 0.1) is 0 Å². The number of rotatable bonds is 3. The highest BCUT2D eigenvalue weighted by Crippen LogP contribution is 2.58. The van der Waals surface area contributed by atoms with Crippen molar-refractivity contribution in [3.63, 3.8) is 0 Å². The van der Waals surface area contributed by atoms with Crippen LogP contribution in [0.1, 0.15) is 47.2 Å². The average Bonchev–Trinajstić information content (AvgIpc) is 3.26. The van der Waals surface area contributed by atoms with Crippen LogP contribution in [-0.2, 0) is 10.8 Å². The van der Waals surface area contributed by atoms with Gasteiger partial charge in [0, 0.05) is 22.1 Å². The Morgan fingerprint density at radius 3 is 1.73 bits per heavy atom. The molecular weight excluding hydrogens is 496 g/mol. The van der Waals surface area contributed by atoms with E-state index < -0.39 is 5.41 Å². The Kier molecular flexibility index (Phi) is 5.15. The summed E-state index contributed by atoms with van der Waals surface area (Å²) in [5.74, 6) is 1.82. The second-order valence-corrected chi connectivity index (χ2v) is 11.7. The van der Waals surface area contributed by atoms with E-state index in [0.29, 0.717) is 0 Å². The minimum atomic E-state index is -0.519. The van der Waals surface area contributed by atoms with Gasteiger partial charge in [0.25, 0.3) is 0 Å². The molecular formula is C40H30O. The third kappa shape index (κ3) is 3.30. The van der Waals surface area contributed by atoms with Crippen molar-refractivity contribution in [1.29, 1.82) is 0 Å². The zero-order valence-electron chi connectivity index (χ0n) is 23.3. The van der Waals surface area contributed by atoms with E-state index in [1.807, 2.05) is 0 Å². The van der Waals surface area contributed by atoms with Gasteiger partial charge in [-0.3, -0.25) is 0 Å². The largest absolute Gasteiger partial charge is 0.456 e. The SMILES string of the molecule is CC1(C)c2ccccc2-c2ccc(-c3cccc4c3Oc3ccccc3C4(c3ccccc3)c3ccccc3)cc21. The fraction of sp³-hybridized carbons (Fsp3) is 0.100. The first-order chi connectivity index (χ1) is 20.1. The molecule has 0 aromatic heterocycles. The van der Waals surface area contributed by atoms with Crippen molar-refractivity contribution in [2.24, 2.45) is 0 Å². The minimum absolute atomic E-state index is 0.0674. The molecule has 1 aliphatic heterocycles. The maximum absolute atomic E-state index is 6.89. The van der Waals surface area contributed by atoms with Crippen LogP contribution in [0.3, 0.4) is 0 Å². The van der Waals surface area contributed by atoms with Crippen LogP contribution >= 0.6 is 0 Å². The van der Waals surface area contributed by atoms with Crippen LogP contribution in [0.25, 0.3) is 22.3 Å². The molecule has 1 heterocycles. The maximum Gasteiger partial charge on any atom is 0.140 e. The van der Waals surface area contributed by atoms with E-state index in [4.69, 9.17) is 4.74 Å². The molecule has 1 heteroatoms. The first-order valence-electron chi connectivity index (χ1n) is 14.4. The summed E-state index contributed by atoms with van der Waals surface area (Å²) in [6.07, 6.45) is 0. The third-order valence-corrected chi connectivity index (χ3v) is 9.23. The highest BCUT2D eigenvalue weighted by atomic mass is 16.5. The van der Waals surface area contributed by atoms with Crippen molar-refractivity contribution in [2.75, 3.05) is 0 Å². The second-order valence-electron chi connectivity index (χ2n) is 11.7. The topological polar surface area (TPSA) is 9.23 Å². The molecule has 0 saturated carbocycles. The average molecular weight is 527 g/mol. The van der Waals surface area contributed by atoms with Gasteiger partial charge < -0.3 is 4.74 Å². The van der Waals surface area contributed by atoms with Gasteiger partial charge in [0.15, 0.2) is 0 Å². The van der Waals surface area contributed by atoms with Gasteiger partial charge in [-0.1, -0.05) is 147 Å². The van der Waals surface area contributed by atoms with E-state index in [0.717, 1.165) is 28.2 Å². The Bertz CT molecular complexity index is 1890. The van der Waals surface area contributed by atoms with Gasteiger partial charge in [-0.25, -0.2) is 0 Å². The van der Waals surface area contributed by atoms with Crippen molar-refractivity contribution in [2.45, 2.75) is 24.7 Å². The highest BCUT2D eigenvalue weighted by Gasteiger charge is 2.46. The second kappa shape index (κ2) is 8.81. The number of ether oxygens (including phenoxy) is 1. The summed E-state index contributed by atoms with van der Waals surface area (Å²) in [5, 5.41) is 0. The van der Waals surface area contributed by atoms with E-state index in [-0.39, 0.29) is 5.41 Å². The molecule has 0 bridgehead atoms. The zero-order valence-corrected chi connectivity index (χ0v) is 23.3. The van der Waals surface area contributed by atoms with Crippen LogP contribution in [0.5, 0.6) is 11.5 Å². The number of hydrogen-bond acceptors (Lipinski definition) is 1. The molecule has 41 heavy (non-hydrogen) atoms. The summed E-state index contributed by atoms with van der Waals surface area (Å²) in [6.45, 7) is 4.68. The third-order valence-electron chi connectivity index (χ3n) is 9.23. The normalized spacial score (nSPS) is 15.2. The molecule has 2 aliphatic rings. The molecule has 0 radical (unpaired) electrons. The summed E-state index contributed by atoms with van der Waals surface area (Å²) in [7, 11) is 0. The molecule has 0 amide bonds. The van der Waals surface area contributed by atoms with Gasteiger partial charge in [0.05, 0.1) is 5.41 Å². The van der Waals surface area contributed by atoms with E-state index in [1.54, 1.807) is 0 Å². The molecule has 1 nitrogen and oxygen atoms in total. The monoisotopic (exact) mass is 526 g/mol. The van der Waals surface area contributed by atoms with Crippen LogP contribution < -0.4 is 4.74 Å². The molecule has 0 fully saturated rings. The predicted molar refractivity (Wildman–Crippen MR) is 168 cm³/mol. The molecule has 6 aromatic rings. The first-order valence-corrected chi connectivity index (χ1v) is 14.4. The Morgan fingerprint density at radius 1 is 0.439 bits per heavy atom. The van der Waals surface area contributed by atoms with Crippen LogP contribution in [0.15, 0.2) is 146 Å². The molecule has 0 saturated heterocycles. The van der Waals surface area contributed by atoms with E-state index >= 15 is 0 Å². The van der Waals surface area contributed by atoms with Crippen LogP contribution in [0.2, 0.25) is 0 Å². The van der Waals surface area contributed by atoms with Crippen LogP contribution in [-0.4, -0.2) is 0 Å². The lowest BCUT2D eigenvalue weighted by Gasteiger charge is -2.42. The van der Waals surface area contributed by atoms with Gasteiger partial charge in [0.1, 0.15) is 11.5 Å². The molecule has 1 aliphatic carbocycles. The number of hydrogen-bond donors (Lipinski definition) is 0. The molecule has 0 atom stereocenters. The summed E-state index contributed by atoms with van der Waals surface area (Å²) in [6, 6.07) is 52.7.